The number of pyridine rings is 1. The lowest BCUT2D eigenvalue weighted by atomic mass is 10.0. The van der Waals surface area contributed by atoms with Gasteiger partial charge in [-0.1, -0.05) is 45.1 Å². The predicted molar refractivity (Wildman–Crippen MR) is 91.7 cm³/mol. The van der Waals surface area contributed by atoms with E-state index in [1.54, 1.807) is 0 Å². The van der Waals surface area contributed by atoms with Crippen LogP contribution in [-0.2, 0) is 12.6 Å². The summed E-state index contributed by atoms with van der Waals surface area (Å²) >= 11 is 0. The summed E-state index contributed by atoms with van der Waals surface area (Å²) in [7, 11) is -1.48. The van der Waals surface area contributed by atoms with Crippen LogP contribution in [0.5, 0.6) is 0 Å². The van der Waals surface area contributed by atoms with E-state index in [1.165, 1.54) is 22.9 Å². The Morgan fingerprint density at radius 3 is 2.13 bits per heavy atom. The molecular formula is C18H22F3NSi. The Morgan fingerprint density at radius 2 is 1.65 bits per heavy atom. The van der Waals surface area contributed by atoms with Gasteiger partial charge in [0, 0.05) is 11.8 Å². The third kappa shape index (κ3) is 4.22. The van der Waals surface area contributed by atoms with Crippen molar-refractivity contribution >= 4 is 13.3 Å². The second kappa shape index (κ2) is 6.47. The van der Waals surface area contributed by atoms with Crippen molar-refractivity contribution in [2.24, 2.45) is 0 Å². The van der Waals surface area contributed by atoms with Crippen LogP contribution in [0.25, 0.3) is 11.3 Å². The predicted octanol–water partition coefficient (Wildman–Crippen LogP) is 5.27. The molecule has 0 unspecified atom stereocenters. The Bertz CT molecular complexity index is 670. The number of hydrogen-bond acceptors (Lipinski definition) is 1. The van der Waals surface area contributed by atoms with E-state index in [0.717, 1.165) is 36.2 Å². The zero-order valence-electron chi connectivity index (χ0n) is 14.0. The van der Waals surface area contributed by atoms with Gasteiger partial charge in [0.2, 0.25) is 0 Å². The van der Waals surface area contributed by atoms with Crippen LogP contribution in [0.2, 0.25) is 19.6 Å². The van der Waals surface area contributed by atoms with Crippen LogP contribution in [0.1, 0.15) is 24.5 Å². The SMILES string of the molecule is CCCc1cc(-c2ccc(C(F)(F)F)cc2)ncc1[Si](C)(C)C. The third-order valence-electron chi connectivity index (χ3n) is 3.82. The van der Waals surface area contributed by atoms with E-state index in [-0.39, 0.29) is 0 Å². The van der Waals surface area contributed by atoms with Crippen LogP contribution in [0.3, 0.4) is 0 Å². The fourth-order valence-electron chi connectivity index (χ4n) is 2.64. The van der Waals surface area contributed by atoms with Crippen LogP contribution in [-0.4, -0.2) is 13.1 Å². The molecule has 0 saturated heterocycles. The number of rotatable bonds is 4. The first kappa shape index (κ1) is 17.7. The van der Waals surface area contributed by atoms with Crippen LogP contribution < -0.4 is 5.19 Å². The number of aromatic nitrogens is 1. The maximum Gasteiger partial charge on any atom is 0.416 e. The maximum absolute atomic E-state index is 12.7. The van der Waals surface area contributed by atoms with Crippen LogP contribution >= 0.6 is 0 Å². The molecule has 0 amide bonds. The van der Waals surface area contributed by atoms with Gasteiger partial charge < -0.3 is 0 Å². The standard InChI is InChI=1S/C18H22F3NSi/c1-5-6-14-11-16(22-12-17(14)23(2,3)4)13-7-9-15(10-8-13)18(19,20)21/h7-12H,5-6H2,1-4H3. The van der Waals surface area contributed by atoms with E-state index in [1.807, 2.05) is 12.3 Å². The molecule has 1 nitrogen and oxygen atoms in total. The Morgan fingerprint density at radius 1 is 1.04 bits per heavy atom. The fourth-order valence-corrected chi connectivity index (χ4v) is 4.25. The lowest BCUT2D eigenvalue weighted by Gasteiger charge is -2.21. The van der Waals surface area contributed by atoms with Crippen molar-refractivity contribution in [3.05, 3.63) is 47.7 Å². The quantitative estimate of drug-likeness (QED) is 0.693. The second-order valence-corrected chi connectivity index (χ2v) is 11.8. The molecule has 0 spiro atoms. The highest BCUT2D eigenvalue weighted by molar-refractivity contribution is 6.89. The smallest absolute Gasteiger partial charge is 0.256 e. The topological polar surface area (TPSA) is 12.9 Å². The summed E-state index contributed by atoms with van der Waals surface area (Å²) in [5.41, 5.74) is 2.10. The molecule has 1 aromatic carbocycles. The Kier molecular flexibility index (Phi) is 4.99. The van der Waals surface area contributed by atoms with E-state index in [9.17, 15) is 13.2 Å². The average Bonchev–Trinajstić information content (AvgIpc) is 2.45. The molecule has 0 aliphatic rings. The lowest BCUT2D eigenvalue weighted by Crippen LogP contribution is -2.40. The summed E-state index contributed by atoms with van der Waals surface area (Å²) in [6.07, 6.45) is -0.380. The first-order valence-electron chi connectivity index (χ1n) is 7.80. The molecule has 0 aliphatic heterocycles. The molecule has 124 valence electrons. The van der Waals surface area contributed by atoms with Crippen LogP contribution in [0.15, 0.2) is 36.5 Å². The van der Waals surface area contributed by atoms with Gasteiger partial charge in [-0.2, -0.15) is 13.2 Å². The molecule has 0 radical (unpaired) electrons. The van der Waals surface area contributed by atoms with Gasteiger partial charge in [-0.15, -0.1) is 0 Å². The van der Waals surface area contributed by atoms with Gasteiger partial charge in [0.1, 0.15) is 0 Å². The highest BCUT2D eigenvalue weighted by atomic mass is 28.3. The second-order valence-electron chi connectivity index (χ2n) is 6.80. The van der Waals surface area contributed by atoms with Crippen LogP contribution in [0.4, 0.5) is 13.2 Å². The molecule has 1 aromatic heterocycles. The fraction of sp³-hybridized carbons (Fsp3) is 0.389. The van der Waals surface area contributed by atoms with E-state index in [0.29, 0.717) is 0 Å². The number of nitrogens with zero attached hydrogens (tertiary/aromatic N) is 1. The minimum Gasteiger partial charge on any atom is -0.256 e. The molecule has 0 atom stereocenters. The number of benzene rings is 1. The van der Waals surface area contributed by atoms with Crippen molar-refractivity contribution in [2.45, 2.75) is 45.6 Å². The van der Waals surface area contributed by atoms with Gasteiger partial charge in [-0.05, 0) is 35.4 Å². The van der Waals surface area contributed by atoms with E-state index < -0.39 is 19.8 Å². The lowest BCUT2D eigenvalue weighted by molar-refractivity contribution is -0.137. The summed E-state index contributed by atoms with van der Waals surface area (Å²) in [6, 6.07) is 7.26. The highest BCUT2D eigenvalue weighted by Gasteiger charge is 2.30. The third-order valence-corrected chi connectivity index (χ3v) is 5.89. The van der Waals surface area contributed by atoms with Crippen molar-refractivity contribution in [3.63, 3.8) is 0 Å². The van der Waals surface area contributed by atoms with E-state index >= 15 is 0 Å². The van der Waals surface area contributed by atoms with E-state index in [2.05, 4.69) is 31.5 Å². The molecule has 1 heterocycles. The van der Waals surface area contributed by atoms with Gasteiger partial charge in [0.15, 0.2) is 0 Å². The largest absolute Gasteiger partial charge is 0.416 e. The first-order chi connectivity index (χ1) is 10.6. The molecule has 5 heteroatoms. The van der Waals surface area contributed by atoms with Crippen molar-refractivity contribution in [2.75, 3.05) is 0 Å². The average molecular weight is 337 g/mol. The Labute approximate surface area is 136 Å². The van der Waals surface area contributed by atoms with Gasteiger partial charge >= 0.3 is 6.18 Å². The maximum atomic E-state index is 12.7. The summed E-state index contributed by atoms with van der Waals surface area (Å²) in [5, 5.41) is 1.33. The first-order valence-corrected chi connectivity index (χ1v) is 11.3. The van der Waals surface area contributed by atoms with Crippen molar-refractivity contribution < 1.29 is 13.2 Å². The van der Waals surface area contributed by atoms with Crippen LogP contribution in [0, 0.1) is 0 Å². The molecule has 0 saturated carbocycles. The number of halogens is 3. The normalized spacial score (nSPS) is 12.5. The van der Waals surface area contributed by atoms with E-state index in [4.69, 9.17) is 0 Å². The van der Waals surface area contributed by atoms with Crippen molar-refractivity contribution in [3.8, 4) is 11.3 Å². The van der Waals surface area contributed by atoms with Crippen molar-refractivity contribution in [1.82, 2.24) is 4.98 Å². The molecule has 0 fully saturated rings. The minimum atomic E-state index is -4.30. The number of hydrogen-bond donors (Lipinski definition) is 0. The summed E-state index contributed by atoms with van der Waals surface area (Å²) in [4.78, 5) is 4.50. The summed E-state index contributed by atoms with van der Waals surface area (Å²) in [5.74, 6) is 0. The van der Waals surface area contributed by atoms with Gasteiger partial charge in [0.25, 0.3) is 0 Å². The molecule has 0 aliphatic carbocycles. The monoisotopic (exact) mass is 337 g/mol. The zero-order chi connectivity index (χ0) is 17.3. The number of alkyl halides is 3. The van der Waals surface area contributed by atoms with Gasteiger partial charge in [-0.3, -0.25) is 4.98 Å². The molecule has 2 rings (SSSR count). The summed E-state index contributed by atoms with van der Waals surface area (Å²) < 4.78 is 38.0. The molecule has 0 N–H and O–H groups in total. The molecular weight excluding hydrogens is 315 g/mol. The molecule has 23 heavy (non-hydrogen) atoms. The Balaban J connectivity index is 2.42. The summed E-state index contributed by atoms with van der Waals surface area (Å²) in [6.45, 7) is 8.97. The number of aryl methyl sites for hydroxylation is 1. The van der Waals surface area contributed by atoms with Gasteiger partial charge in [0.05, 0.1) is 19.3 Å². The molecule has 2 aromatic rings. The zero-order valence-corrected chi connectivity index (χ0v) is 15.0. The molecule has 0 bridgehead atoms. The highest BCUT2D eigenvalue weighted by Crippen LogP contribution is 2.30. The van der Waals surface area contributed by atoms with Gasteiger partial charge in [-0.25, -0.2) is 0 Å². The minimum absolute atomic E-state index is 0.631. The Hall–Kier alpha value is -1.62. The van der Waals surface area contributed by atoms with Crippen molar-refractivity contribution in [1.29, 1.82) is 0 Å².